The molecule has 0 aliphatic heterocycles. The maximum Gasteiger partial charge on any atom is 0.461 e. The van der Waals surface area contributed by atoms with Gasteiger partial charge < -0.3 is 20.5 Å². The molecule has 0 heterocycles. The molecule has 0 unspecified atom stereocenters. The molecule has 0 spiro atoms. The number of benzene rings is 3. The Kier molecular flexibility index (Phi) is 11.8. The molecule has 45 heavy (non-hydrogen) atoms. The van der Waals surface area contributed by atoms with Gasteiger partial charge in [0.05, 0.1) is 5.54 Å². The summed E-state index contributed by atoms with van der Waals surface area (Å²) >= 11 is 0. The van der Waals surface area contributed by atoms with E-state index in [1.54, 1.807) is 53.8 Å². The van der Waals surface area contributed by atoms with Crippen LogP contribution in [0.25, 0.3) is 0 Å². The van der Waals surface area contributed by atoms with Crippen molar-refractivity contribution in [1.82, 2.24) is 10.6 Å². The van der Waals surface area contributed by atoms with Gasteiger partial charge in [0.2, 0.25) is 0 Å². The van der Waals surface area contributed by atoms with E-state index < -0.39 is 54.4 Å². The summed E-state index contributed by atoms with van der Waals surface area (Å²) in [5.74, 6) is -3.17. The van der Waals surface area contributed by atoms with Crippen molar-refractivity contribution in [2.24, 2.45) is 0 Å². The van der Waals surface area contributed by atoms with Gasteiger partial charge in [0.15, 0.2) is 0 Å². The average molecular weight is 647 g/mol. The van der Waals surface area contributed by atoms with Crippen molar-refractivity contribution in [3.8, 4) is 5.75 Å². The lowest BCUT2D eigenvalue weighted by Crippen LogP contribution is -2.53. The number of carboxylic acid groups (broad SMARTS) is 1. The summed E-state index contributed by atoms with van der Waals surface area (Å²) in [6.07, 6.45) is -12.4. The normalized spacial score (nSPS) is 13.3. The van der Waals surface area contributed by atoms with Crippen LogP contribution < -0.4 is 15.4 Å². The minimum atomic E-state index is -5.01. The number of urea groups is 1. The monoisotopic (exact) mass is 646 g/mol. The number of ether oxygens (including phenoxy) is 1. The van der Waals surface area contributed by atoms with E-state index in [4.69, 9.17) is 5.11 Å². The first kappa shape index (κ1) is 35.1. The standard InChI is InChI=1S/C31H30F8N2O4/c32-24-15-23(16-25(17-24)45-31(38,39)27(33)34)29(18-21-9-4-1-5-10-21,41-28(44)40-19-30(35,36)37)22-12-7-11-20(14-22)8-3-2-6-13-26(42)43/h1,4-5,7,9-12,14-17,27H,2-3,6,8,13,18-19H2,(H,42,43)(H2,40,41,44)/t29-/m0/s1. The highest BCUT2D eigenvalue weighted by molar-refractivity contribution is 5.76. The third-order valence-corrected chi connectivity index (χ3v) is 6.74. The van der Waals surface area contributed by atoms with Gasteiger partial charge >= 0.3 is 30.7 Å². The maximum atomic E-state index is 15.0. The highest BCUT2D eigenvalue weighted by Gasteiger charge is 2.45. The lowest BCUT2D eigenvalue weighted by atomic mass is 9.77. The van der Waals surface area contributed by atoms with E-state index in [1.807, 2.05) is 0 Å². The Morgan fingerprint density at radius 1 is 0.822 bits per heavy atom. The second-order valence-electron chi connectivity index (χ2n) is 10.3. The Morgan fingerprint density at radius 2 is 1.51 bits per heavy atom. The zero-order chi connectivity index (χ0) is 33.3. The van der Waals surface area contributed by atoms with Crippen molar-refractivity contribution in [3.63, 3.8) is 0 Å². The molecule has 0 saturated heterocycles. The highest BCUT2D eigenvalue weighted by atomic mass is 19.4. The van der Waals surface area contributed by atoms with Gasteiger partial charge in [-0.15, -0.1) is 0 Å². The van der Waals surface area contributed by atoms with Gasteiger partial charge in [-0.25, -0.2) is 9.18 Å². The van der Waals surface area contributed by atoms with Crippen LogP contribution in [0.5, 0.6) is 5.75 Å². The Bertz CT molecular complexity index is 1440. The lowest BCUT2D eigenvalue weighted by Gasteiger charge is -2.37. The van der Waals surface area contributed by atoms with Crippen LogP contribution in [0.15, 0.2) is 72.8 Å². The van der Waals surface area contributed by atoms with Crippen LogP contribution >= 0.6 is 0 Å². The van der Waals surface area contributed by atoms with Crippen molar-refractivity contribution in [3.05, 3.63) is 101 Å². The Labute approximate surface area is 253 Å². The predicted octanol–water partition coefficient (Wildman–Crippen LogP) is 7.60. The Balaban J connectivity index is 2.17. The van der Waals surface area contributed by atoms with Crippen LogP contribution in [0.2, 0.25) is 0 Å². The van der Waals surface area contributed by atoms with Crippen molar-refractivity contribution in [2.75, 3.05) is 6.54 Å². The third kappa shape index (κ3) is 10.6. The number of carbonyl (C=O) groups excluding carboxylic acids is 1. The number of hydrogen-bond donors (Lipinski definition) is 3. The molecule has 2 amide bonds. The smallest absolute Gasteiger partial charge is 0.461 e. The number of aliphatic carboxylic acids is 1. The Morgan fingerprint density at radius 3 is 2.16 bits per heavy atom. The van der Waals surface area contributed by atoms with E-state index in [0.29, 0.717) is 42.9 Å². The van der Waals surface area contributed by atoms with E-state index >= 15 is 0 Å². The molecule has 0 aliphatic rings. The van der Waals surface area contributed by atoms with Gasteiger partial charge in [0, 0.05) is 18.9 Å². The van der Waals surface area contributed by atoms with Crippen molar-refractivity contribution in [1.29, 1.82) is 0 Å². The fourth-order valence-corrected chi connectivity index (χ4v) is 4.72. The fraction of sp³-hybridized carbons (Fsp3) is 0.355. The molecule has 0 aromatic heterocycles. The summed E-state index contributed by atoms with van der Waals surface area (Å²) in [6, 6.07) is 15.2. The number of halogens is 8. The summed E-state index contributed by atoms with van der Waals surface area (Å²) in [5.41, 5.74) is -0.885. The number of rotatable bonds is 15. The van der Waals surface area contributed by atoms with Gasteiger partial charge in [0.1, 0.15) is 18.1 Å². The van der Waals surface area contributed by atoms with Gasteiger partial charge in [-0.05, 0) is 53.6 Å². The zero-order valence-electron chi connectivity index (χ0n) is 23.7. The summed E-state index contributed by atoms with van der Waals surface area (Å²) in [4.78, 5) is 23.8. The van der Waals surface area contributed by atoms with Crippen LogP contribution in [0.4, 0.5) is 39.9 Å². The van der Waals surface area contributed by atoms with Crippen LogP contribution in [-0.4, -0.2) is 42.4 Å². The van der Waals surface area contributed by atoms with Gasteiger partial charge in [-0.2, -0.15) is 30.7 Å². The SMILES string of the molecule is O=C(O)CCCCCc1cccc([C@](Cc2ccccc2)(NC(=O)NCC(F)(F)F)c2cc(F)cc(OC(F)(F)C(F)F)c2)c1. The van der Waals surface area contributed by atoms with Crippen molar-refractivity contribution >= 4 is 12.0 Å². The Hall–Kier alpha value is -4.36. The van der Waals surface area contributed by atoms with Crippen LogP contribution in [0.3, 0.4) is 0 Å². The third-order valence-electron chi connectivity index (χ3n) is 6.74. The summed E-state index contributed by atoms with van der Waals surface area (Å²) < 4.78 is 112. The molecule has 0 bridgehead atoms. The van der Waals surface area contributed by atoms with Crippen LogP contribution in [0, 0.1) is 5.82 Å². The molecular weight excluding hydrogens is 616 g/mol. The molecule has 244 valence electrons. The number of carbonyl (C=O) groups is 2. The molecule has 3 aromatic carbocycles. The molecule has 0 fully saturated rings. The number of aryl methyl sites for hydroxylation is 1. The number of unbranched alkanes of at least 4 members (excludes halogenated alkanes) is 2. The van der Waals surface area contributed by atoms with E-state index in [0.717, 1.165) is 12.1 Å². The molecule has 14 heteroatoms. The first-order chi connectivity index (χ1) is 21.1. The molecule has 0 aliphatic carbocycles. The average Bonchev–Trinajstić information content (AvgIpc) is 2.95. The number of amides is 2. The van der Waals surface area contributed by atoms with Crippen LogP contribution in [0.1, 0.15) is 47.9 Å². The summed E-state index contributed by atoms with van der Waals surface area (Å²) in [6.45, 7) is -1.73. The van der Waals surface area contributed by atoms with Crippen molar-refractivity contribution in [2.45, 2.75) is 62.8 Å². The minimum absolute atomic E-state index is 0.0221. The topological polar surface area (TPSA) is 87.7 Å². The molecule has 1 atom stereocenters. The van der Waals surface area contributed by atoms with E-state index in [2.05, 4.69) is 10.1 Å². The predicted molar refractivity (Wildman–Crippen MR) is 148 cm³/mol. The molecule has 0 radical (unpaired) electrons. The van der Waals surface area contributed by atoms with Gasteiger partial charge in [0.25, 0.3) is 0 Å². The highest BCUT2D eigenvalue weighted by Crippen LogP contribution is 2.38. The minimum Gasteiger partial charge on any atom is -0.481 e. The van der Waals surface area contributed by atoms with Crippen molar-refractivity contribution < 1.29 is 54.6 Å². The largest absolute Gasteiger partial charge is 0.481 e. The van der Waals surface area contributed by atoms with E-state index in [9.17, 15) is 44.7 Å². The first-order valence-corrected chi connectivity index (χ1v) is 13.7. The zero-order valence-corrected chi connectivity index (χ0v) is 23.7. The summed E-state index contributed by atoms with van der Waals surface area (Å²) in [5, 5.41) is 13.0. The molecule has 3 N–H and O–H groups in total. The number of carboxylic acids is 1. The molecule has 0 saturated carbocycles. The van der Waals surface area contributed by atoms with Gasteiger partial charge in [-0.1, -0.05) is 61.0 Å². The maximum absolute atomic E-state index is 15.0. The second kappa shape index (κ2) is 15.1. The van der Waals surface area contributed by atoms with Crippen LogP contribution in [-0.2, 0) is 23.2 Å². The molecule has 6 nitrogen and oxygen atoms in total. The number of nitrogens with one attached hydrogen (secondary N) is 2. The number of alkyl halides is 7. The number of hydrogen-bond acceptors (Lipinski definition) is 3. The lowest BCUT2D eigenvalue weighted by molar-refractivity contribution is -0.253. The quantitative estimate of drug-likeness (QED) is 0.117. The first-order valence-electron chi connectivity index (χ1n) is 13.7. The van der Waals surface area contributed by atoms with E-state index in [-0.39, 0.29) is 24.0 Å². The van der Waals surface area contributed by atoms with Gasteiger partial charge in [-0.3, -0.25) is 4.79 Å². The second-order valence-corrected chi connectivity index (χ2v) is 10.3. The molecule has 3 rings (SSSR count). The van der Waals surface area contributed by atoms with E-state index in [1.165, 1.54) is 6.07 Å². The summed E-state index contributed by atoms with van der Waals surface area (Å²) in [7, 11) is 0. The fourth-order valence-electron chi connectivity index (χ4n) is 4.72. The molecule has 3 aromatic rings. The molecular formula is C31H30F8N2O4.